The van der Waals surface area contributed by atoms with E-state index in [-0.39, 0.29) is 9.52 Å². The van der Waals surface area contributed by atoms with Crippen molar-refractivity contribution >= 4 is 92.8 Å². The van der Waals surface area contributed by atoms with Crippen molar-refractivity contribution in [3.8, 4) is 0 Å². The van der Waals surface area contributed by atoms with Crippen LogP contribution in [-0.2, 0) is 0 Å². The van der Waals surface area contributed by atoms with Gasteiger partial charge >= 0.3 is 0 Å². The summed E-state index contributed by atoms with van der Waals surface area (Å²) < 4.78 is -3.92. The van der Waals surface area contributed by atoms with E-state index in [2.05, 4.69) is 0 Å². The third kappa shape index (κ3) is 3.28. The molecule has 0 aromatic carbocycles. The minimum atomic E-state index is -1.88. The summed E-state index contributed by atoms with van der Waals surface area (Å²) in [5, 5.41) is -1.04. The average Bonchev–Trinajstić information content (AvgIpc) is 2.01. The fourth-order valence-electron chi connectivity index (χ4n) is 0.515. The number of rotatable bonds is 3. The van der Waals surface area contributed by atoms with E-state index >= 15 is 0 Å². The first-order valence-corrected chi connectivity index (χ1v) is 6.24. The maximum Gasteiger partial charge on any atom is 0.189 e. The predicted molar refractivity (Wildman–Crippen MR) is 68.8 cm³/mol. The highest BCUT2D eigenvalue weighted by atomic mass is 35.5. The second-order valence-corrected chi connectivity index (χ2v) is 7.08. The first kappa shape index (κ1) is 16.1. The van der Waals surface area contributed by atoms with E-state index < -0.39 is 14.0 Å². The second kappa shape index (κ2) is 5.60. The van der Waals surface area contributed by atoms with Gasteiger partial charge in [0.15, 0.2) is 8.67 Å². The highest BCUT2D eigenvalue weighted by molar-refractivity contribution is 6.70. The molecule has 0 rings (SSSR count). The van der Waals surface area contributed by atoms with E-state index in [1.165, 1.54) is 6.92 Å². The quantitative estimate of drug-likeness (QED) is 0.555. The van der Waals surface area contributed by atoms with Gasteiger partial charge in [0.2, 0.25) is 0 Å². The van der Waals surface area contributed by atoms with Crippen molar-refractivity contribution in [2.75, 3.05) is 0 Å². The smallest absolute Gasteiger partial charge is 0.120 e. The van der Waals surface area contributed by atoms with Gasteiger partial charge < -0.3 is 0 Å². The van der Waals surface area contributed by atoms with Gasteiger partial charge in [-0.3, -0.25) is 0 Å². The molecule has 0 fully saturated rings. The van der Waals surface area contributed by atoms with Crippen LogP contribution in [0, 0.1) is 0 Å². The molecule has 0 aromatic heterocycles. The number of hydrogen-bond donors (Lipinski definition) is 0. The van der Waals surface area contributed by atoms with E-state index in [9.17, 15) is 0 Å². The molecule has 0 aliphatic rings. The molecule has 0 heterocycles. The van der Waals surface area contributed by atoms with E-state index in [0.29, 0.717) is 0 Å². The fourth-order valence-corrected chi connectivity index (χ4v) is 2.22. The van der Waals surface area contributed by atoms with Gasteiger partial charge in [-0.1, -0.05) is 81.2 Å². The number of halogens is 8. The summed E-state index contributed by atoms with van der Waals surface area (Å²) in [6.07, 6.45) is 0. The van der Waals surface area contributed by atoms with Crippen molar-refractivity contribution in [2.45, 2.75) is 21.0 Å². The third-order valence-corrected chi connectivity index (χ3v) is 5.73. The molecule has 0 amide bonds. The summed E-state index contributed by atoms with van der Waals surface area (Å²) in [7, 11) is 0. The first-order chi connectivity index (χ1) is 6.05. The Bertz CT molecular complexity index is 236. The van der Waals surface area contributed by atoms with Crippen LogP contribution >= 0.6 is 92.8 Å². The molecule has 0 bridgehead atoms. The largest absolute Gasteiger partial charge is 0.189 e. The highest BCUT2D eigenvalue weighted by Gasteiger charge is 2.53. The minimum Gasteiger partial charge on any atom is -0.120 e. The second-order valence-electron chi connectivity index (χ2n) is 2.39. The van der Waals surface area contributed by atoms with Crippen LogP contribution in [-0.4, -0.2) is 14.0 Å². The van der Waals surface area contributed by atoms with Gasteiger partial charge in [0.1, 0.15) is 4.49 Å². The lowest BCUT2D eigenvalue weighted by Crippen LogP contribution is -2.43. The zero-order chi connectivity index (χ0) is 11.7. The van der Waals surface area contributed by atoms with Gasteiger partial charge in [0.05, 0.1) is 10.4 Å². The van der Waals surface area contributed by atoms with Gasteiger partial charge in [0.25, 0.3) is 0 Å². The topological polar surface area (TPSA) is 0 Å². The van der Waals surface area contributed by atoms with Gasteiger partial charge in [-0.05, 0) is 6.92 Å². The first-order valence-electron chi connectivity index (χ1n) is 3.16. The Morgan fingerprint density at radius 2 is 1.36 bits per heavy atom. The van der Waals surface area contributed by atoms with Crippen LogP contribution in [0.3, 0.4) is 0 Å². The van der Waals surface area contributed by atoms with Crippen LogP contribution < -0.4 is 0 Å². The summed E-state index contributed by atoms with van der Waals surface area (Å²) in [5.41, 5.74) is 0. The van der Waals surface area contributed by atoms with Crippen molar-refractivity contribution < 1.29 is 0 Å². The van der Waals surface area contributed by atoms with Crippen molar-refractivity contribution in [3.05, 3.63) is 9.52 Å². The van der Waals surface area contributed by atoms with Crippen LogP contribution in [0.5, 0.6) is 0 Å². The third-order valence-electron chi connectivity index (χ3n) is 1.36. The van der Waals surface area contributed by atoms with Gasteiger partial charge in [-0.25, -0.2) is 0 Å². The molecule has 1 unspecified atom stereocenters. The molecule has 0 saturated carbocycles. The monoisotopic (exact) mass is 356 g/mol. The summed E-state index contributed by atoms with van der Waals surface area (Å²) >= 11 is 45.5. The molecule has 1 atom stereocenters. The zero-order valence-corrected chi connectivity index (χ0v) is 12.6. The maximum atomic E-state index is 5.84. The lowest BCUT2D eigenvalue weighted by molar-refractivity contribution is 0.719. The van der Waals surface area contributed by atoms with Crippen molar-refractivity contribution in [1.82, 2.24) is 0 Å². The standard InChI is InChI=1S/C6H4Cl8/c1-2(7)5(11,12)6(13,14)3(8)4(9)10/h2H,1H3. The van der Waals surface area contributed by atoms with Crippen LogP contribution in [0.15, 0.2) is 9.52 Å². The van der Waals surface area contributed by atoms with Crippen molar-refractivity contribution in [3.63, 3.8) is 0 Å². The van der Waals surface area contributed by atoms with Gasteiger partial charge in [-0.2, -0.15) is 0 Å². The fraction of sp³-hybridized carbons (Fsp3) is 0.667. The summed E-state index contributed by atoms with van der Waals surface area (Å²) in [4.78, 5) is 0. The summed E-state index contributed by atoms with van der Waals surface area (Å²) in [6, 6.07) is 0. The van der Waals surface area contributed by atoms with Crippen LogP contribution in [0.2, 0.25) is 0 Å². The Balaban J connectivity index is 5.26. The Kier molecular flexibility index (Phi) is 6.42. The van der Waals surface area contributed by atoms with Crippen LogP contribution in [0.25, 0.3) is 0 Å². The number of alkyl halides is 5. The molecule has 0 spiro atoms. The highest BCUT2D eigenvalue weighted by Crippen LogP contribution is 2.53. The molecule has 0 saturated heterocycles. The molecule has 0 N–H and O–H groups in total. The van der Waals surface area contributed by atoms with Gasteiger partial charge in [-0.15, -0.1) is 11.6 Å². The summed E-state index contributed by atoms with van der Waals surface area (Å²) in [6.45, 7) is 1.51. The average molecular weight is 360 g/mol. The molecule has 84 valence electrons. The van der Waals surface area contributed by atoms with E-state index in [4.69, 9.17) is 92.8 Å². The van der Waals surface area contributed by atoms with Crippen LogP contribution in [0.1, 0.15) is 6.92 Å². The molecular formula is C6H4Cl8. The lowest BCUT2D eigenvalue weighted by Gasteiger charge is -2.34. The Labute approximate surface area is 122 Å². The molecule has 0 radical (unpaired) electrons. The van der Waals surface area contributed by atoms with Crippen molar-refractivity contribution in [1.29, 1.82) is 0 Å². The predicted octanol–water partition coefficient (Wildman–Crippen LogP) is 5.85. The molecule has 0 nitrogen and oxygen atoms in total. The Hall–Kier alpha value is 2.06. The minimum absolute atomic E-state index is 0.276. The SMILES string of the molecule is CC(Cl)C(Cl)(Cl)C(Cl)(Cl)C(Cl)=C(Cl)Cl. The molecule has 0 aliphatic carbocycles. The molecular weight excluding hydrogens is 356 g/mol. The Morgan fingerprint density at radius 3 is 1.57 bits per heavy atom. The van der Waals surface area contributed by atoms with Crippen LogP contribution in [0.4, 0.5) is 0 Å². The van der Waals surface area contributed by atoms with Crippen molar-refractivity contribution in [2.24, 2.45) is 0 Å². The zero-order valence-electron chi connectivity index (χ0n) is 6.60. The molecule has 8 heteroatoms. The number of allylic oxidation sites excluding steroid dienone is 1. The summed E-state index contributed by atoms with van der Waals surface area (Å²) in [5.74, 6) is 0. The van der Waals surface area contributed by atoms with E-state index in [1.807, 2.05) is 0 Å². The van der Waals surface area contributed by atoms with E-state index in [0.717, 1.165) is 0 Å². The Morgan fingerprint density at radius 1 is 1.00 bits per heavy atom. The molecule has 0 aromatic rings. The van der Waals surface area contributed by atoms with Gasteiger partial charge in [0, 0.05) is 0 Å². The maximum absolute atomic E-state index is 5.84. The molecule has 14 heavy (non-hydrogen) atoms. The number of hydrogen-bond acceptors (Lipinski definition) is 0. The lowest BCUT2D eigenvalue weighted by atomic mass is 10.2. The normalized spacial score (nSPS) is 15.2. The van der Waals surface area contributed by atoms with E-state index in [1.54, 1.807) is 0 Å². The molecule has 0 aliphatic heterocycles.